The molecule has 1 fully saturated rings. The molecule has 1 atom stereocenters. The Kier molecular flexibility index (Phi) is 7.65. The van der Waals surface area contributed by atoms with Crippen molar-refractivity contribution in [1.82, 2.24) is 10.6 Å². The quantitative estimate of drug-likeness (QED) is 0.505. The van der Waals surface area contributed by atoms with E-state index in [0.717, 1.165) is 36.8 Å². The van der Waals surface area contributed by atoms with Crippen molar-refractivity contribution in [2.24, 2.45) is 0 Å². The van der Waals surface area contributed by atoms with Gasteiger partial charge in [0.05, 0.1) is 12.8 Å². The lowest BCUT2D eigenvalue weighted by atomic mass is 10.0. The minimum atomic E-state index is -0.883. The van der Waals surface area contributed by atoms with Crippen molar-refractivity contribution in [3.8, 4) is 0 Å². The smallest absolute Gasteiger partial charge is 0.287 e. The molecular weight excluding hydrogens is 442 g/mol. The van der Waals surface area contributed by atoms with E-state index in [9.17, 15) is 14.4 Å². The summed E-state index contributed by atoms with van der Waals surface area (Å²) in [4.78, 5) is 41.3. The molecule has 0 bridgehead atoms. The molecule has 0 saturated heterocycles. The zero-order valence-corrected chi connectivity index (χ0v) is 20.1. The molecule has 0 unspecified atom stereocenters. The number of nitrogens with zero attached hydrogens (tertiary/aromatic N) is 1. The van der Waals surface area contributed by atoms with E-state index in [0.29, 0.717) is 11.3 Å². The van der Waals surface area contributed by atoms with Crippen LogP contribution in [0.4, 0.5) is 5.69 Å². The van der Waals surface area contributed by atoms with Crippen LogP contribution in [0.15, 0.2) is 71.3 Å². The maximum Gasteiger partial charge on any atom is 0.287 e. The Bertz CT molecular complexity index is 1170. The van der Waals surface area contributed by atoms with Crippen molar-refractivity contribution < 1.29 is 18.8 Å². The van der Waals surface area contributed by atoms with Crippen LogP contribution in [0.2, 0.25) is 0 Å². The number of hydrogen-bond acceptors (Lipinski definition) is 4. The van der Waals surface area contributed by atoms with Crippen molar-refractivity contribution in [2.75, 3.05) is 11.4 Å². The second-order valence-corrected chi connectivity index (χ2v) is 9.07. The highest BCUT2D eigenvalue weighted by Crippen LogP contribution is 2.30. The van der Waals surface area contributed by atoms with Crippen LogP contribution in [0.3, 0.4) is 0 Å². The monoisotopic (exact) mass is 473 g/mol. The molecule has 3 aromatic rings. The van der Waals surface area contributed by atoms with Gasteiger partial charge in [0.25, 0.3) is 5.91 Å². The number of carbonyl (C=O) groups excluding carboxylic acids is 3. The van der Waals surface area contributed by atoms with Gasteiger partial charge in [-0.3, -0.25) is 19.3 Å². The van der Waals surface area contributed by atoms with Gasteiger partial charge < -0.3 is 15.1 Å². The van der Waals surface area contributed by atoms with Gasteiger partial charge in [0.2, 0.25) is 11.8 Å². The second-order valence-electron chi connectivity index (χ2n) is 9.07. The first-order valence-electron chi connectivity index (χ1n) is 12.0. The van der Waals surface area contributed by atoms with Gasteiger partial charge in [0.1, 0.15) is 6.04 Å². The molecule has 1 aliphatic carbocycles. The minimum absolute atomic E-state index is 0.101. The van der Waals surface area contributed by atoms with Gasteiger partial charge in [0.15, 0.2) is 5.76 Å². The lowest BCUT2D eigenvalue weighted by Gasteiger charge is -2.32. The van der Waals surface area contributed by atoms with Crippen molar-refractivity contribution in [2.45, 2.75) is 51.6 Å². The van der Waals surface area contributed by atoms with Crippen molar-refractivity contribution in [3.05, 3.63) is 89.4 Å². The van der Waals surface area contributed by atoms with Gasteiger partial charge >= 0.3 is 0 Å². The summed E-state index contributed by atoms with van der Waals surface area (Å²) in [6.45, 7) is 3.63. The lowest BCUT2D eigenvalue weighted by Crippen LogP contribution is -2.49. The fourth-order valence-electron chi connectivity index (χ4n) is 4.47. The van der Waals surface area contributed by atoms with Crippen LogP contribution >= 0.6 is 0 Å². The van der Waals surface area contributed by atoms with Gasteiger partial charge in [-0.05, 0) is 62.1 Å². The third-order valence-corrected chi connectivity index (χ3v) is 6.29. The van der Waals surface area contributed by atoms with Crippen LogP contribution < -0.4 is 15.5 Å². The summed E-state index contributed by atoms with van der Waals surface area (Å²) in [5.41, 5.74) is 3.31. The number of benzene rings is 2. The van der Waals surface area contributed by atoms with Gasteiger partial charge in [0, 0.05) is 11.7 Å². The summed E-state index contributed by atoms with van der Waals surface area (Å²) in [5, 5.41) is 5.79. The second kappa shape index (κ2) is 11.0. The molecule has 2 aromatic carbocycles. The van der Waals surface area contributed by atoms with Gasteiger partial charge in [-0.1, -0.05) is 54.8 Å². The number of nitrogens with one attached hydrogen (secondary N) is 2. The summed E-state index contributed by atoms with van der Waals surface area (Å²) in [7, 11) is 0. The number of carbonyl (C=O) groups is 3. The summed E-state index contributed by atoms with van der Waals surface area (Å²) >= 11 is 0. The fraction of sp³-hybridized carbons (Fsp3) is 0.321. The molecule has 0 aliphatic heterocycles. The average Bonchev–Trinajstić information content (AvgIpc) is 3.56. The van der Waals surface area contributed by atoms with Gasteiger partial charge in [-0.2, -0.15) is 0 Å². The van der Waals surface area contributed by atoms with Crippen LogP contribution in [0, 0.1) is 13.8 Å². The Hall–Kier alpha value is -3.87. The maximum absolute atomic E-state index is 13.7. The Morgan fingerprint density at radius 1 is 0.971 bits per heavy atom. The predicted octanol–water partition coefficient (Wildman–Crippen LogP) is 4.46. The molecule has 182 valence electrons. The summed E-state index contributed by atoms with van der Waals surface area (Å²) in [5.74, 6) is -1.00. The number of hydrogen-bond donors (Lipinski definition) is 2. The number of rotatable bonds is 8. The molecule has 4 rings (SSSR count). The maximum atomic E-state index is 13.7. The molecule has 2 N–H and O–H groups in total. The van der Waals surface area contributed by atoms with E-state index in [1.165, 1.54) is 17.2 Å². The highest BCUT2D eigenvalue weighted by Gasteiger charge is 2.34. The normalized spacial score (nSPS) is 14.3. The van der Waals surface area contributed by atoms with Gasteiger partial charge in [-0.25, -0.2) is 0 Å². The van der Waals surface area contributed by atoms with E-state index in [4.69, 9.17) is 4.42 Å². The molecule has 3 amide bonds. The first kappa shape index (κ1) is 24.3. The Balaban J connectivity index is 1.68. The van der Waals surface area contributed by atoms with Crippen molar-refractivity contribution >= 4 is 23.4 Å². The van der Waals surface area contributed by atoms with Crippen LogP contribution in [0.1, 0.15) is 59.0 Å². The first-order chi connectivity index (χ1) is 16.9. The minimum Gasteiger partial charge on any atom is -0.459 e. The molecule has 7 nitrogen and oxygen atoms in total. The Morgan fingerprint density at radius 3 is 2.37 bits per heavy atom. The lowest BCUT2D eigenvalue weighted by molar-refractivity contribution is -0.126. The van der Waals surface area contributed by atoms with Crippen LogP contribution in [0.25, 0.3) is 0 Å². The van der Waals surface area contributed by atoms with Crippen LogP contribution in [-0.2, 0) is 9.59 Å². The molecule has 1 aromatic heterocycles. The SMILES string of the molecule is Cc1ccc([C@@H](C(=O)NC2CCCC2)N(C(=O)CNC(=O)c2ccco2)c2cccc(C)c2)cc1. The summed E-state index contributed by atoms with van der Waals surface area (Å²) in [6, 6.07) is 17.5. The van der Waals surface area contributed by atoms with Crippen molar-refractivity contribution in [3.63, 3.8) is 0 Å². The standard InChI is InChI=1S/C28H31N3O4/c1-19-12-14-21(15-13-19)26(28(34)30-22-8-3-4-9-22)31(23-10-5-7-20(2)17-23)25(32)18-29-27(33)24-11-6-16-35-24/h5-7,10-17,22,26H,3-4,8-9,18H2,1-2H3,(H,29,33)(H,30,34)/t26-/m0/s1. The van der Waals surface area contributed by atoms with Crippen LogP contribution in [-0.4, -0.2) is 30.3 Å². The molecule has 1 aliphatic rings. The van der Waals surface area contributed by atoms with E-state index in [1.807, 2.05) is 62.4 Å². The number of aryl methyl sites for hydroxylation is 2. The highest BCUT2D eigenvalue weighted by molar-refractivity contribution is 6.04. The zero-order chi connectivity index (χ0) is 24.8. The molecule has 0 radical (unpaired) electrons. The number of amides is 3. The Labute approximate surface area is 205 Å². The summed E-state index contributed by atoms with van der Waals surface area (Å²) in [6.07, 6.45) is 5.43. The predicted molar refractivity (Wildman–Crippen MR) is 134 cm³/mol. The van der Waals surface area contributed by atoms with Gasteiger partial charge in [-0.15, -0.1) is 0 Å². The molecule has 35 heavy (non-hydrogen) atoms. The fourth-order valence-corrected chi connectivity index (χ4v) is 4.47. The molecule has 1 saturated carbocycles. The van der Waals surface area contributed by atoms with E-state index >= 15 is 0 Å². The number of furan rings is 1. The number of anilines is 1. The van der Waals surface area contributed by atoms with Crippen molar-refractivity contribution in [1.29, 1.82) is 0 Å². The van der Waals surface area contributed by atoms with E-state index in [-0.39, 0.29) is 24.3 Å². The topological polar surface area (TPSA) is 91.7 Å². The summed E-state index contributed by atoms with van der Waals surface area (Å²) < 4.78 is 5.13. The van der Waals surface area contributed by atoms with E-state index in [1.54, 1.807) is 6.07 Å². The zero-order valence-electron chi connectivity index (χ0n) is 20.1. The first-order valence-corrected chi connectivity index (χ1v) is 12.0. The molecule has 1 heterocycles. The molecule has 0 spiro atoms. The van der Waals surface area contributed by atoms with E-state index in [2.05, 4.69) is 10.6 Å². The largest absolute Gasteiger partial charge is 0.459 e. The Morgan fingerprint density at radius 2 is 1.71 bits per heavy atom. The average molecular weight is 474 g/mol. The highest BCUT2D eigenvalue weighted by atomic mass is 16.3. The van der Waals surface area contributed by atoms with E-state index < -0.39 is 17.9 Å². The third kappa shape index (κ3) is 5.98. The molecular formula is C28H31N3O4. The third-order valence-electron chi connectivity index (χ3n) is 6.29. The van der Waals surface area contributed by atoms with Crippen LogP contribution in [0.5, 0.6) is 0 Å². The molecule has 7 heteroatoms.